The van der Waals surface area contributed by atoms with Crippen LogP contribution in [-0.4, -0.2) is 34.5 Å². The fourth-order valence-corrected chi connectivity index (χ4v) is 2.09. The molecule has 0 unspecified atom stereocenters. The molecule has 1 aromatic carbocycles. The summed E-state index contributed by atoms with van der Waals surface area (Å²) in [5.41, 5.74) is 2.26. The van der Waals surface area contributed by atoms with Crippen LogP contribution in [0.5, 0.6) is 0 Å². The highest BCUT2D eigenvalue weighted by atomic mass is 16.5. The van der Waals surface area contributed by atoms with E-state index in [0.29, 0.717) is 19.7 Å². The summed E-state index contributed by atoms with van der Waals surface area (Å²) >= 11 is 0. The van der Waals surface area contributed by atoms with Crippen LogP contribution in [0.1, 0.15) is 23.4 Å². The number of aromatic nitrogens is 3. The Morgan fingerprint density at radius 3 is 2.70 bits per heavy atom. The molecule has 0 aliphatic rings. The summed E-state index contributed by atoms with van der Waals surface area (Å²) in [5, 5.41) is 13.5. The standard InChI is InChI=1S/C16H23N5O2/c1-13-4-6-14(7-5-13)10-17-16(22)18-11-15-20-19-12-21(15)8-3-9-23-2/h4-7,12H,3,8-11H2,1-2H3,(H2,17,18,22). The van der Waals surface area contributed by atoms with Crippen molar-refractivity contribution in [1.29, 1.82) is 0 Å². The van der Waals surface area contributed by atoms with Gasteiger partial charge in [0, 0.05) is 26.8 Å². The number of methoxy groups -OCH3 is 1. The lowest BCUT2D eigenvalue weighted by Crippen LogP contribution is -2.35. The molecular weight excluding hydrogens is 294 g/mol. The second kappa shape index (κ2) is 8.89. The van der Waals surface area contributed by atoms with Crippen molar-refractivity contribution in [3.8, 4) is 0 Å². The molecule has 1 heterocycles. The second-order valence-electron chi connectivity index (χ2n) is 5.31. The Labute approximate surface area is 136 Å². The van der Waals surface area contributed by atoms with E-state index in [2.05, 4.69) is 20.8 Å². The van der Waals surface area contributed by atoms with Gasteiger partial charge in [0.2, 0.25) is 0 Å². The van der Waals surface area contributed by atoms with Gasteiger partial charge in [-0.1, -0.05) is 29.8 Å². The highest BCUT2D eigenvalue weighted by Gasteiger charge is 2.06. The predicted octanol–water partition coefficient (Wildman–Crippen LogP) is 1.62. The Kier molecular flexibility index (Phi) is 6.56. The summed E-state index contributed by atoms with van der Waals surface area (Å²) in [5.74, 6) is 0.728. The van der Waals surface area contributed by atoms with Crippen molar-refractivity contribution < 1.29 is 9.53 Å². The summed E-state index contributed by atoms with van der Waals surface area (Å²) in [6.45, 7) is 4.32. The van der Waals surface area contributed by atoms with Gasteiger partial charge in [0.15, 0.2) is 5.82 Å². The lowest BCUT2D eigenvalue weighted by Gasteiger charge is -2.09. The summed E-state index contributed by atoms with van der Waals surface area (Å²) in [4.78, 5) is 11.9. The number of benzene rings is 1. The number of nitrogens with zero attached hydrogens (tertiary/aromatic N) is 3. The van der Waals surface area contributed by atoms with Gasteiger partial charge in [-0.15, -0.1) is 10.2 Å². The zero-order chi connectivity index (χ0) is 16.5. The van der Waals surface area contributed by atoms with E-state index < -0.39 is 0 Å². The summed E-state index contributed by atoms with van der Waals surface area (Å²) < 4.78 is 6.94. The van der Waals surface area contributed by atoms with Crippen molar-refractivity contribution >= 4 is 6.03 Å². The van der Waals surface area contributed by atoms with Crippen LogP contribution in [0.4, 0.5) is 4.79 Å². The van der Waals surface area contributed by atoms with Crippen LogP contribution < -0.4 is 10.6 Å². The maximum absolute atomic E-state index is 11.9. The molecule has 2 aromatic rings. The van der Waals surface area contributed by atoms with Crippen LogP contribution >= 0.6 is 0 Å². The van der Waals surface area contributed by atoms with Crippen molar-refractivity contribution in [1.82, 2.24) is 25.4 Å². The minimum Gasteiger partial charge on any atom is -0.385 e. The molecule has 0 spiro atoms. The smallest absolute Gasteiger partial charge is 0.315 e. The Morgan fingerprint density at radius 1 is 1.22 bits per heavy atom. The molecule has 7 nitrogen and oxygen atoms in total. The Bertz CT molecular complexity index is 609. The number of hydrogen-bond donors (Lipinski definition) is 2. The van der Waals surface area contributed by atoms with Crippen LogP contribution in [0.3, 0.4) is 0 Å². The quantitative estimate of drug-likeness (QED) is 0.725. The summed E-state index contributed by atoms with van der Waals surface area (Å²) in [6, 6.07) is 7.83. The van der Waals surface area contributed by atoms with E-state index in [0.717, 1.165) is 24.4 Å². The fourth-order valence-electron chi connectivity index (χ4n) is 2.09. The lowest BCUT2D eigenvalue weighted by atomic mass is 10.1. The van der Waals surface area contributed by atoms with Gasteiger partial charge in [0.05, 0.1) is 6.54 Å². The molecule has 0 bridgehead atoms. The van der Waals surface area contributed by atoms with Crippen molar-refractivity contribution in [3.05, 3.63) is 47.5 Å². The molecule has 7 heteroatoms. The van der Waals surface area contributed by atoms with Crippen LogP contribution in [0.15, 0.2) is 30.6 Å². The maximum Gasteiger partial charge on any atom is 0.315 e. The number of aryl methyl sites for hydroxylation is 2. The lowest BCUT2D eigenvalue weighted by molar-refractivity contribution is 0.190. The first-order valence-corrected chi connectivity index (χ1v) is 7.62. The number of urea groups is 1. The van der Waals surface area contributed by atoms with E-state index in [-0.39, 0.29) is 6.03 Å². The van der Waals surface area contributed by atoms with Gasteiger partial charge in [-0.25, -0.2) is 4.79 Å². The van der Waals surface area contributed by atoms with E-state index in [1.54, 1.807) is 13.4 Å². The third-order valence-corrected chi connectivity index (χ3v) is 3.42. The van der Waals surface area contributed by atoms with E-state index in [4.69, 9.17) is 4.74 Å². The molecule has 0 saturated carbocycles. The Balaban J connectivity index is 1.74. The molecule has 124 valence electrons. The van der Waals surface area contributed by atoms with Gasteiger partial charge in [0.1, 0.15) is 6.33 Å². The zero-order valence-corrected chi connectivity index (χ0v) is 13.6. The van der Waals surface area contributed by atoms with Gasteiger partial charge < -0.3 is 19.9 Å². The molecule has 0 radical (unpaired) electrons. The molecule has 1 aromatic heterocycles. The van der Waals surface area contributed by atoms with Crippen LogP contribution in [-0.2, 0) is 24.4 Å². The first-order valence-electron chi connectivity index (χ1n) is 7.62. The number of rotatable bonds is 8. The third-order valence-electron chi connectivity index (χ3n) is 3.42. The van der Waals surface area contributed by atoms with Gasteiger partial charge in [-0.2, -0.15) is 0 Å². The largest absolute Gasteiger partial charge is 0.385 e. The van der Waals surface area contributed by atoms with Gasteiger partial charge in [0.25, 0.3) is 0 Å². The number of carbonyl (C=O) groups excluding carboxylic acids is 1. The van der Waals surface area contributed by atoms with E-state index in [1.165, 1.54) is 5.56 Å². The first-order chi connectivity index (χ1) is 11.2. The normalized spacial score (nSPS) is 10.5. The Morgan fingerprint density at radius 2 is 1.96 bits per heavy atom. The fraction of sp³-hybridized carbons (Fsp3) is 0.438. The molecular formula is C16H23N5O2. The van der Waals surface area contributed by atoms with Gasteiger partial charge in [-0.3, -0.25) is 0 Å². The molecule has 0 saturated heterocycles. The van der Waals surface area contributed by atoms with Crippen molar-refractivity contribution in [2.24, 2.45) is 0 Å². The summed E-state index contributed by atoms with van der Waals surface area (Å²) in [7, 11) is 1.67. The van der Waals surface area contributed by atoms with Crippen LogP contribution in [0, 0.1) is 6.92 Å². The molecule has 2 rings (SSSR count). The molecule has 2 N–H and O–H groups in total. The van der Waals surface area contributed by atoms with E-state index >= 15 is 0 Å². The molecule has 0 fully saturated rings. The molecule has 0 aliphatic carbocycles. The monoisotopic (exact) mass is 317 g/mol. The minimum atomic E-state index is -0.225. The van der Waals surface area contributed by atoms with Crippen molar-refractivity contribution in [2.75, 3.05) is 13.7 Å². The number of ether oxygens (including phenoxy) is 1. The molecule has 0 atom stereocenters. The maximum atomic E-state index is 11.9. The average Bonchev–Trinajstić information content (AvgIpc) is 3.00. The van der Waals surface area contributed by atoms with Crippen LogP contribution in [0.25, 0.3) is 0 Å². The van der Waals surface area contributed by atoms with Crippen LogP contribution in [0.2, 0.25) is 0 Å². The van der Waals surface area contributed by atoms with Gasteiger partial charge >= 0.3 is 6.03 Å². The first kappa shape index (κ1) is 17.0. The number of amides is 2. The van der Waals surface area contributed by atoms with Crippen molar-refractivity contribution in [2.45, 2.75) is 33.0 Å². The topological polar surface area (TPSA) is 81.1 Å². The zero-order valence-electron chi connectivity index (χ0n) is 13.6. The Hall–Kier alpha value is -2.41. The van der Waals surface area contributed by atoms with Crippen molar-refractivity contribution in [3.63, 3.8) is 0 Å². The predicted molar refractivity (Wildman–Crippen MR) is 86.8 cm³/mol. The minimum absolute atomic E-state index is 0.225. The molecule has 23 heavy (non-hydrogen) atoms. The highest BCUT2D eigenvalue weighted by Crippen LogP contribution is 2.02. The number of hydrogen-bond acceptors (Lipinski definition) is 4. The SMILES string of the molecule is COCCCn1cnnc1CNC(=O)NCc1ccc(C)cc1. The van der Waals surface area contributed by atoms with Gasteiger partial charge in [-0.05, 0) is 18.9 Å². The summed E-state index contributed by atoms with van der Waals surface area (Å²) in [6.07, 6.45) is 2.54. The third kappa shape index (κ3) is 5.71. The number of nitrogens with one attached hydrogen (secondary N) is 2. The van der Waals surface area contributed by atoms with E-state index in [9.17, 15) is 4.79 Å². The highest BCUT2D eigenvalue weighted by molar-refractivity contribution is 5.73. The molecule has 0 aliphatic heterocycles. The number of carbonyl (C=O) groups is 1. The average molecular weight is 317 g/mol. The van der Waals surface area contributed by atoms with E-state index in [1.807, 2.05) is 35.8 Å². The second-order valence-corrected chi connectivity index (χ2v) is 5.31. The molecule has 2 amide bonds.